The van der Waals surface area contributed by atoms with E-state index in [1.54, 1.807) is 16.4 Å². The van der Waals surface area contributed by atoms with Crippen LogP contribution in [0.4, 0.5) is 5.00 Å². The molecule has 2 fully saturated rings. The van der Waals surface area contributed by atoms with Gasteiger partial charge in [0.05, 0.1) is 10.5 Å². The molecular formula is C26H32N4O3S2. The van der Waals surface area contributed by atoms with E-state index in [0.29, 0.717) is 22.7 Å². The van der Waals surface area contributed by atoms with E-state index in [-0.39, 0.29) is 27.7 Å². The van der Waals surface area contributed by atoms with Gasteiger partial charge < -0.3 is 10.2 Å². The number of nitrogens with zero attached hydrogens (tertiary/aromatic N) is 3. The third-order valence-electron chi connectivity index (χ3n) is 7.68. The van der Waals surface area contributed by atoms with Crippen molar-refractivity contribution in [1.82, 2.24) is 9.21 Å². The molecule has 1 aliphatic carbocycles. The molecule has 3 aliphatic rings. The lowest BCUT2D eigenvalue weighted by atomic mass is 9.65. The first-order valence-electron chi connectivity index (χ1n) is 12.1. The Morgan fingerprint density at radius 1 is 1.20 bits per heavy atom. The van der Waals surface area contributed by atoms with E-state index in [9.17, 15) is 18.5 Å². The number of likely N-dealkylation sites (N-methyl/N-ethyl adjacent to an activating group) is 1. The second-order valence-corrected chi connectivity index (χ2v) is 14.5. The number of nitrogens with one attached hydrogen (secondary N) is 1. The minimum absolute atomic E-state index is 0.00639. The maximum absolute atomic E-state index is 13.5. The van der Waals surface area contributed by atoms with E-state index < -0.39 is 10.0 Å². The van der Waals surface area contributed by atoms with Crippen LogP contribution in [0.5, 0.6) is 0 Å². The summed E-state index contributed by atoms with van der Waals surface area (Å²) in [5.74, 6) is -0.344. The molecule has 1 aromatic heterocycles. The van der Waals surface area contributed by atoms with Crippen molar-refractivity contribution in [2.75, 3.05) is 25.5 Å². The molecule has 2 aromatic rings. The number of rotatable bonds is 4. The molecule has 2 bridgehead atoms. The predicted octanol–water partition coefficient (Wildman–Crippen LogP) is 4.45. The molecule has 2 unspecified atom stereocenters. The molecule has 1 saturated heterocycles. The highest BCUT2D eigenvalue weighted by Gasteiger charge is 2.53. The number of amides is 1. The summed E-state index contributed by atoms with van der Waals surface area (Å²) in [4.78, 5) is 16.5. The van der Waals surface area contributed by atoms with E-state index in [4.69, 9.17) is 0 Å². The minimum Gasteiger partial charge on any atom is -0.312 e. The van der Waals surface area contributed by atoms with Crippen molar-refractivity contribution < 1.29 is 13.2 Å². The highest BCUT2D eigenvalue weighted by Crippen LogP contribution is 2.53. The van der Waals surface area contributed by atoms with Gasteiger partial charge in [0, 0.05) is 36.1 Å². The first-order valence-corrected chi connectivity index (χ1v) is 14.3. The van der Waals surface area contributed by atoms with E-state index >= 15 is 0 Å². The topological polar surface area (TPSA) is 93.5 Å². The van der Waals surface area contributed by atoms with Crippen LogP contribution >= 0.6 is 11.3 Å². The molecular weight excluding hydrogens is 480 g/mol. The van der Waals surface area contributed by atoms with Gasteiger partial charge >= 0.3 is 0 Å². The van der Waals surface area contributed by atoms with Crippen LogP contribution in [0.3, 0.4) is 0 Å². The number of carbonyl (C=O) groups excluding carboxylic acids is 1. The van der Waals surface area contributed by atoms with Crippen molar-refractivity contribution in [3.63, 3.8) is 0 Å². The molecule has 7 nitrogen and oxygen atoms in total. The third-order valence-corrected chi connectivity index (χ3v) is 10.7. The van der Waals surface area contributed by atoms with E-state index in [0.717, 1.165) is 49.2 Å². The number of carbonyl (C=O) groups is 1. The summed E-state index contributed by atoms with van der Waals surface area (Å²) in [5.41, 5.74) is 2.07. The fourth-order valence-corrected chi connectivity index (χ4v) is 9.56. The average molecular weight is 513 g/mol. The molecule has 1 N–H and O–H groups in total. The summed E-state index contributed by atoms with van der Waals surface area (Å²) in [7, 11) is -1.60. The lowest BCUT2D eigenvalue weighted by molar-refractivity contribution is 0.102. The van der Waals surface area contributed by atoms with Gasteiger partial charge in [-0.2, -0.15) is 9.57 Å². The van der Waals surface area contributed by atoms with Crippen LogP contribution in [-0.4, -0.2) is 49.7 Å². The van der Waals surface area contributed by atoms with Crippen LogP contribution in [0, 0.1) is 22.2 Å². The van der Waals surface area contributed by atoms with Crippen molar-refractivity contribution in [1.29, 1.82) is 5.26 Å². The lowest BCUT2D eigenvalue weighted by Crippen LogP contribution is -2.37. The van der Waals surface area contributed by atoms with Crippen LogP contribution in [0.2, 0.25) is 0 Å². The minimum atomic E-state index is -3.64. The number of hydrogen-bond acceptors (Lipinski definition) is 6. The lowest BCUT2D eigenvalue weighted by Gasteiger charge is -2.39. The zero-order chi connectivity index (χ0) is 25.2. The maximum Gasteiger partial charge on any atom is 0.256 e. The Morgan fingerprint density at radius 3 is 2.60 bits per heavy atom. The molecule has 2 atom stereocenters. The summed E-state index contributed by atoms with van der Waals surface area (Å²) < 4.78 is 28.7. The van der Waals surface area contributed by atoms with Crippen molar-refractivity contribution in [2.24, 2.45) is 10.8 Å². The number of nitriles is 1. The molecule has 9 heteroatoms. The fourth-order valence-electron chi connectivity index (χ4n) is 6.52. The maximum atomic E-state index is 13.5. The Kier molecular flexibility index (Phi) is 5.87. The van der Waals surface area contributed by atoms with Crippen LogP contribution in [0.25, 0.3) is 0 Å². The normalized spacial score (nSPS) is 26.2. The number of fused-ring (bicyclic) bond motifs is 3. The SMILES string of the molecule is CN1CCc2c(sc(NC(=O)c3ccc(S(=O)(=O)N4CC5(C)CC4CC(C)(C)C5)cc3)c2C#N)C1. The highest BCUT2D eigenvalue weighted by atomic mass is 32.2. The summed E-state index contributed by atoms with van der Waals surface area (Å²) >= 11 is 1.45. The summed E-state index contributed by atoms with van der Waals surface area (Å²) in [6.07, 6.45) is 3.58. The molecule has 5 rings (SSSR count). The molecule has 1 amide bonds. The standard InChI is InChI=1S/C26H32N4O3S2/c1-25(2)11-18-12-26(3,15-25)16-30(18)35(32,33)19-7-5-17(6-8-19)23(31)28-24-21(13-27)20-9-10-29(4)14-22(20)34-24/h5-8,18H,9-12,14-16H2,1-4H3,(H,28,31). The number of hydrogen-bond donors (Lipinski definition) is 1. The first kappa shape index (κ1) is 24.4. The van der Waals surface area contributed by atoms with Gasteiger partial charge in [-0.05, 0) is 73.4 Å². The van der Waals surface area contributed by atoms with Crippen LogP contribution in [0.1, 0.15) is 66.4 Å². The molecule has 35 heavy (non-hydrogen) atoms. The molecule has 1 aromatic carbocycles. The zero-order valence-electron chi connectivity index (χ0n) is 20.7. The molecule has 3 heterocycles. The van der Waals surface area contributed by atoms with Gasteiger partial charge in [0.2, 0.25) is 10.0 Å². The Labute approximate surface area is 211 Å². The molecule has 0 radical (unpaired) electrons. The van der Waals surface area contributed by atoms with E-state index in [2.05, 4.69) is 37.1 Å². The monoisotopic (exact) mass is 512 g/mol. The van der Waals surface area contributed by atoms with E-state index in [1.165, 1.54) is 23.5 Å². The summed E-state index contributed by atoms with van der Waals surface area (Å²) in [5, 5.41) is 13.1. The van der Waals surface area contributed by atoms with E-state index in [1.807, 2.05) is 7.05 Å². The van der Waals surface area contributed by atoms with Gasteiger partial charge in [-0.15, -0.1) is 11.3 Å². The highest BCUT2D eigenvalue weighted by molar-refractivity contribution is 7.89. The van der Waals surface area contributed by atoms with Crippen LogP contribution in [-0.2, 0) is 23.0 Å². The van der Waals surface area contributed by atoms with Crippen molar-refractivity contribution >= 4 is 32.3 Å². The van der Waals surface area contributed by atoms with Gasteiger partial charge in [-0.1, -0.05) is 20.8 Å². The summed E-state index contributed by atoms with van der Waals surface area (Å²) in [6, 6.07) is 8.45. The quantitative estimate of drug-likeness (QED) is 0.653. The number of sulfonamides is 1. The predicted molar refractivity (Wildman–Crippen MR) is 137 cm³/mol. The Balaban J connectivity index is 1.34. The van der Waals surface area contributed by atoms with Crippen LogP contribution < -0.4 is 5.32 Å². The Hall–Kier alpha value is -2.25. The second-order valence-electron chi connectivity index (χ2n) is 11.5. The Morgan fingerprint density at radius 2 is 1.91 bits per heavy atom. The zero-order valence-corrected chi connectivity index (χ0v) is 22.4. The van der Waals surface area contributed by atoms with Crippen molar-refractivity contribution in [3.8, 4) is 6.07 Å². The first-order chi connectivity index (χ1) is 16.4. The van der Waals surface area contributed by atoms with Gasteiger partial charge in [0.25, 0.3) is 5.91 Å². The third kappa shape index (κ3) is 4.42. The molecule has 186 valence electrons. The number of anilines is 1. The Bertz CT molecular complexity index is 1320. The molecule has 2 aliphatic heterocycles. The number of benzene rings is 1. The number of thiophene rings is 1. The van der Waals surface area contributed by atoms with Crippen LogP contribution in [0.15, 0.2) is 29.2 Å². The van der Waals surface area contributed by atoms with Gasteiger partial charge in [0.15, 0.2) is 0 Å². The van der Waals surface area contributed by atoms with Crippen molar-refractivity contribution in [2.45, 2.75) is 63.9 Å². The van der Waals surface area contributed by atoms with Crippen molar-refractivity contribution in [3.05, 3.63) is 45.8 Å². The summed E-state index contributed by atoms with van der Waals surface area (Å²) in [6.45, 7) is 8.84. The molecule has 0 spiro atoms. The van der Waals surface area contributed by atoms with Gasteiger partial charge in [0.1, 0.15) is 11.1 Å². The largest absolute Gasteiger partial charge is 0.312 e. The van der Waals surface area contributed by atoms with Gasteiger partial charge in [-0.25, -0.2) is 8.42 Å². The smallest absolute Gasteiger partial charge is 0.256 e. The fraction of sp³-hybridized carbons (Fsp3) is 0.538. The average Bonchev–Trinajstić information content (AvgIpc) is 3.25. The second kappa shape index (κ2) is 8.41. The van der Waals surface area contributed by atoms with Gasteiger partial charge in [-0.3, -0.25) is 4.79 Å². The molecule has 1 saturated carbocycles.